The summed E-state index contributed by atoms with van der Waals surface area (Å²) in [6.45, 7) is 2.61. The Morgan fingerprint density at radius 1 is 1.20 bits per heavy atom. The van der Waals surface area contributed by atoms with E-state index in [1.165, 1.54) is 5.56 Å². The minimum Gasteiger partial charge on any atom is -0.333 e. The van der Waals surface area contributed by atoms with Crippen LogP contribution in [-0.2, 0) is 9.59 Å². The normalized spacial score (nSPS) is 17.2. The number of amides is 2. The maximum absolute atomic E-state index is 12.1. The summed E-state index contributed by atoms with van der Waals surface area (Å²) in [6, 6.07) is 17.8. The first kappa shape index (κ1) is 16.9. The van der Waals surface area contributed by atoms with Gasteiger partial charge in [0.15, 0.2) is 0 Å². The van der Waals surface area contributed by atoms with Gasteiger partial charge in [0.1, 0.15) is 6.54 Å². The molecule has 1 N–H and O–H groups in total. The van der Waals surface area contributed by atoms with Crippen LogP contribution in [0.25, 0.3) is 0 Å². The summed E-state index contributed by atoms with van der Waals surface area (Å²) >= 11 is 0. The summed E-state index contributed by atoms with van der Waals surface area (Å²) in [7, 11) is 0. The van der Waals surface area contributed by atoms with Gasteiger partial charge in [-0.3, -0.25) is 9.59 Å². The van der Waals surface area contributed by atoms with Gasteiger partial charge in [0.2, 0.25) is 5.91 Å². The largest absolute Gasteiger partial charge is 0.333 e. The van der Waals surface area contributed by atoms with Gasteiger partial charge in [-0.05, 0) is 18.1 Å². The van der Waals surface area contributed by atoms with Crippen molar-refractivity contribution in [3.05, 3.63) is 71.3 Å². The fourth-order valence-electron chi connectivity index (χ4n) is 2.91. The van der Waals surface area contributed by atoms with Gasteiger partial charge in [-0.2, -0.15) is 5.10 Å². The van der Waals surface area contributed by atoms with Crippen LogP contribution in [0.1, 0.15) is 29.0 Å². The maximum atomic E-state index is 12.1. The van der Waals surface area contributed by atoms with Crippen molar-refractivity contribution in [3.63, 3.8) is 0 Å². The number of hydrogen-bond donors (Lipinski definition) is 1. The molecule has 0 spiro atoms. The number of hydrazone groups is 1. The molecule has 0 aromatic heterocycles. The van der Waals surface area contributed by atoms with Gasteiger partial charge >= 0.3 is 0 Å². The molecule has 2 amide bonds. The second-order valence-corrected chi connectivity index (χ2v) is 6.29. The van der Waals surface area contributed by atoms with Crippen LogP contribution in [-0.4, -0.2) is 36.0 Å². The highest BCUT2D eigenvalue weighted by Crippen LogP contribution is 2.27. The predicted octanol–water partition coefficient (Wildman–Crippen LogP) is 2.46. The number of aryl methyl sites for hydroxylation is 1. The van der Waals surface area contributed by atoms with Crippen molar-refractivity contribution in [2.45, 2.75) is 19.3 Å². The number of carbonyl (C=O) groups excluding carboxylic acids is 2. The topological polar surface area (TPSA) is 61.8 Å². The van der Waals surface area contributed by atoms with Gasteiger partial charge in [0.05, 0.1) is 6.21 Å². The van der Waals surface area contributed by atoms with E-state index in [0.29, 0.717) is 13.0 Å². The second kappa shape index (κ2) is 7.75. The quantitative estimate of drug-likeness (QED) is 0.674. The summed E-state index contributed by atoms with van der Waals surface area (Å²) in [6.07, 6.45) is 2.04. The van der Waals surface area contributed by atoms with Crippen LogP contribution in [0, 0.1) is 6.92 Å². The first-order valence-corrected chi connectivity index (χ1v) is 8.33. The Morgan fingerprint density at radius 3 is 2.64 bits per heavy atom. The predicted molar refractivity (Wildman–Crippen MR) is 97.3 cm³/mol. The zero-order valence-corrected chi connectivity index (χ0v) is 14.2. The van der Waals surface area contributed by atoms with Crippen molar-refractivity contribution in [3.8, 4) is 0 Å². The van der Waals surface area contributed by atoms with Crippen LogP contribution < -0.4 is 5.43 Å². The summed E-state index contributed by atoms with van der Waals surface area (Å²) in [4.78, 5) is 25.7. The molecule has 1 aliphatic heterocycles. The van der Waals surface area contributed by atoms with Gasteiger partial charge in [-0.15, -0.1) is 0 Å². The highest BCUT2D eigenvalue weighted by atomic mass is 16.2. The first-order valence-electron chi connectivity index (χ1n) is 8.33. The highest BCUT2D eigenvalue weighted by molar-refractivity contribution is 5.87. The Kier molecular flexibility index (Phi) is 5.23. The number of carbonyl (C=O) groups is 2. The van der Waals surface area contributed by atoms with Crippen LogP contribution in [0.4, 0.5) is 0 Å². The lowest BCUT2D eigenvalue weighted by molar-refractivity contribution is -0.133. The number of likely N-dealkylation sites (tertiary alicyclic amines) is 1. The van der Waals surface area contributed by atoms with Crippen molar-refractivity contribution in [1.29, 1.82) is 0 Å². The average molecular weight is 335 g/mol. The van der Waals surface area contributed by atoms with Crippen LogP contribution >= 0.6 is 0 Å². The smallest absolute Gasteiger partial charge is 0.259 e. The molecule has 3 rings (SSSR count). The van der Waals surface area contributed by atoms with E-state index in [-0.39, 0.29) is 24.3 Å². The van der Waals surface area contributed by atoms with Crippen molar-refractivity contribution < 1.29 is 9.59 Å². The van der Waals surface area contributed by atoms with Crippen molar-refractivity contribution in [2.24, 2.45) is 5.10 Å². The van der Waals surface area contributed by atoms with E-state index in [0.717, 1.165) is 11.1 Å². The lowest BCUT2D eigenvalue weighted by Gasteiger charge is -2.15. The Balaban J connectivity index is 1.51. The van der Waals surface area contributed by atoms with E-state index in [1.807, 2.05) is 61.5 Å². The van der Waals surface area contributed by atoms with E-state index in [2.05, 4.69) is 10.5 Å². The zero-order chi connectivity index (χ0) is 17.6. The van der Waals surface area contributed by atoms with Crippen molar-refractivity contribution in [1.82, 2.24) is 10.3 Å². The average Bonchev–Trinajstić information content (AvgIpc) is 2.98. The van der Waals surface area contributed by atoms with Crippen LogP contribution in [0.5, 0.6) is 0 Å². The summed E-state index contributed by atoms with van der Waals surface area (Å²) in [5.74, 6) is -0.130. The van der Waals surface area contributed by atoms with Crippen LogP contribution in [0.3, 0.4) is 0 Å². The molecular formula is C20H21N3O2. The fourth-order valence-corrected chi connectivity index (χ4v) is 2.91. The monoisotopic (exact) mass is 335 g/mol. The van der Waals surface area contributed by atoms with E-state index >= 15 is 0 Å². The SMILES string of the molecule is Cc1ccc(/C=N\NC(=O)CN2C[C@H](c3ccccc3)CC2=O)cc1. The molecular weight excluding hydrogens is 314 g/mol. The molecule has 1 saturated heterocycles. The number of benzene rings is 2. The van der Waals surface area contributed by atoms with Gasteiger partial charge in [0, 0.05) is 18.9 Å². The molecule has 25 heavy (non-hydrogen) atoms. The minimum atomic E-state index is -0.287. The Labute approximate surface area is 147 Å². The number of hydrogen-bond acceptors (Lipinski definition) is 3. The Bertz CT molecular complexity index is 769. The van der Waals surface area contributed by atoms with E-state index in [9.17, 15) is 9.59 Å². The second-order valence-electron chi connectivity index (χ2n) is 6.29. The molecule has 0 radical (unpaired) electrons. The molecule has 0 unspecified atom stereocenters. The molecule has 1 heterocycles. The van der Waals surface area contributed by atoms with Gasteiger partial charge < -0.3 is 4.90 Å². The summed E-state index contributed by atoms with van der Waals surface area (Å²) in [5.41, 5.74) is 5.70. The minimum absolute atomic E-state index is 0.00603. The molecule has 0 bridgehead atoms. The summed E-state index contributed by atoms with van der Waals surface area (Å²) < 4.78 is 0. The molecule has 0 saturated carbocycles. The molecule has 1 atom stereocenters. The zero-order valence-electron chi connectivity index (χ0n) is 14.2. The molecule has 2 aromatic rings. The lowest BCUT2D eigenvalue weighted by Crippen LogP contribution is -2.36. The van der Waals surface area contributed by atoms with E-state index in [4.69, 9.17) is 0 Å². The number of rotatable bonds is 5. The number of nitrogens with zero attached hydrogens (tertiary/aromatic N) is 2. The lowest BCUT2D eigenvalue weighted by atomic mass is 9.99. The van der Waals surface area contributed by atoms with Gasteiger partial charge in [0.25, 0.3) is 5.91 Å². The third kappa shape index (κ3) is 4.53. The summed E-state index contributed by atoms with van der Waals surface area (Å²) in [5, 5.41) is 3.95. The van der Waals surface area contributed by atoms with Crippen molar-refractivity contribution in [2.75, 3.05) is 13.1 Å². The van der Waals surface area contributed by atoms with Gasteiger partial charge in [-0.25, -0.2) is 5.43 Å². The molecule has 5 heteroatoms. The third-order valence-corrected chi connectivity index (χ3v) is 4.30. The maximum Gasteiger partial charge on any atom is 0.259 e. The standard InChI is InChI=1S/C20H21N3O2/c1-15-7-9-16(10-8-15)12-21-22-19(24)14-23-13-18(11-20(23)25)17-5-3-2-4-6-17/h2-10,12,18H,11,13-14H2,1H3,(H,22,24)/b21-12-/t18-/m1/s1. The Morgan fingerprint density at radius 2 is 1.92 bits per heavy atom. The molecule has 0 aliphatic carbocycles. The Hall–Kier alpha value is -2.95. The molecule has 1 fully saturated rings. The molecule has 1 aliphatic rings. The first-order chi connectivity index (χ1) is 12.1. The van der Waals surface area contributed by atoms with E-state index < -0.39 is 0 Å². The number of nitrogens with one attached hydrogen (secondary N) is 1. The molecule has 5 nitrogen and oxygen atoms in total. The molecule has 128 valence electrons. The van der Waals surface area contributed by atoms with Gasteiger partial charge in [-0.1, -0.05) is 60.2 Å². The molecule has 2 aromatic carbocycles. The van der Waals surface area contributed by atoms with E-state index in [1.54, 1.807) is 11.1 Å². The van der Waals surface area contributed by atoms with Crippen molar-refractivity contribution >= 4 is 18.0 Å². The third-order valence-electron chi connectivity index (χ3n) is 4.30. The van der Waals surface area contributed by atoms with Crippen LogP contribution in [0.2, 0.25) is 0 Å². The van der Waals surface area contributed by atoms with Crippen LogP contribution in [0.15, 0.2) is 59.7 Å². The fraction of sp³-hybridized carbons (Fsp3) is 0.250. The highest BCUT2D eigenvalue weighted by Gasteiger charge is 2.31.